The Bertz CT molecular complexity index is 949. The largest absolute Gasteiger partial charge is 0.443 e. The van der Waals surface area contributed by atoms with Crippen LogP contribution in [-0.2, 0) is 17.3 Å². The van der Waals surface area contributed by atoms with Gasteiger partial charge >= 0.3 is 12.3 Å². The molecule has 5 nitrogen and oxygen atoms in total. The molecule has 29 heavy (non-hydrogen) atoms. The minimum Gasteiger partial charge on any atom is -0.443 e. The monoisotopic (exact) mass is 406 g/mol. The number of anilines is 2. The molecule has 1 aliphatic rings. The fourth-order valence-corrected chi connectivity index (χ4v) is 3.00. The molecule has 0 unspecified atom stereocenters. The number of hydrogen-bond acceptors (Lipinski definition) is 3. The second-order valence-corrected chi connectivity index (χ2v) is 7.76. The van der Waals surface area contributed by atoms with E-state index in [4.69, 9.17) is 4.74 Å². The van der Waals surface area contributed by atoms with Crippen molar-refractivity contribution in [1.29, 1.82) is 0 Å². The molecule has 2 aromatic rings. The minimum atomic E-state index is -4.50. The number of hydrogen-bond donors (Lipinski definition) is 1. The molecule has 0 fully saturated rings. The number of nitrogens with zero attached hydrogens (tertiary/aromatic N) is 1. The molecule has 8 heteroatoms. The average Bonchev–Trinajstić information content (AvgIpc) is 3.03. The number of halogens is 3. The Morgan fingerprint density at radius 1 is 1.07 bits per heavy atom. The van der Waals surface area contributed by atoms with E-state index >= 15 is 0 Å². The van der Waals surface area contributed by atoms with Gasteiger partial charge in [-0.3, -0.25) is 9.69 Å². The van der Waals surface area contributed by atoms with Crippen molar-refractivity contribution in [2.75, 3.05) is 16.8 Å². The van der Waals surface area contributed by atoms with Gasteiger partial charge in [0, 0.05) is 17.8 Å². The van der Waals surface area contributed by atoms with Gasteiger partial charge in [-0.05, 0) is 63.1 Å². The number of ether oxygens (including phenoxy) is 1. The number of nitrogens with one attached hydrogen (secondary N) is 1. The Hall–Kier alpha value is -3.03. The number of fused-ring (bicyclic) bond motifs is 1. The first-order chi connectivity index (χ1) is 13.4. The van der Waals surface area contributed by atoms with Crippen molar-refractivity contribution in [3.8, 4) is 0 Å². The Morgan fingerprint density at radius 3 is 2.45 bits per heavy atom. The molecule has 1 heterocycles. The lowest BCUT2D eigenvalue weighted by molar-refractivity contribution is -0.137. The van der Waals surface area contributed by atoms with E-state index in [-0.39, 0.29) is 11.3 Å². The number of alkyl halides is 3. The summed E-state index contributed by atoms with van der Waals surface area (Å²) in [7, 11) is 0. The summed E-state index contributed by atoms with van der Waals surface area (Å²) < 4.78 is 44.0. The Labute approximate surface area is 166 Å². The van der Waals surface area contributed by atoms with Crippen LogP contribution in [0.4, 0.5) is 29.3 Å². The van der Waals surface area contributed by atoms with Crippen molar-refractivity contribution in [1.82, 2.24) is 0 Å². The predicted molar refractivity (Wildman–Crippen MR) is 103 cm³/mol. The van der Waals surface area contributed by atoms with Gasteiger partial charge in [-0.15, -0.1) is 0 Å². The molecule has 2 amide bonds. The number of rotatable bonds is 2. The summed E-state index contributed by atoms with van der Waals surface area (Å²) in [6.07, 6.45) is -4.38. The molecular weight excluding hydrogens is 385 g/mol. The van der Waals surface area contributed by atoms with Gasteiger partial charge in [-0.2, -0.15) is 13.2 Å². The average molecular weight is 406 g/mol. The van der Waals surface area contributed by atoms with E-state index in [0.29, 0.717) is 18.7 Å². The van der Waals surface area contributed by atoms with Gasteiger partial charge in [-0.25, -0.2) is 4.79 Å². The third-order valence-corrected chi connectivity index (χ3v) is 4.30. The number of carbonyl (C=O) groups excluding carboxylic acids is 2. The molecule has 0 saturated heterocycles. The Morgan fingerprint density at radius 2 is 1.79 bits per heavy atom. The number of benzene rings is 2. The summed E-state index contributed by atoms with van der Waals surface area (Å²) >= 11 is 0. The maximum absolute atomic E-state index is 12.9. The van der Waals surface area contributed by atoms with E-state index in [0.717, 1.165) is 17.7 Å². The maximum Gasteiger partial charge on any atom is 0.416 e. The van der Waals surface area contributed by atoms with Gasteiger partial charge in [-0.1, -0.05) is 12.1 Å². The first-order valence-corrected chi connectivity index (χ1v) is 9.06. The van der Waals surface area contributed by atoms with Crippen LogP contribution < -0.4 is 10.2 Å². The van der Waals surface area contributed by atoms with Crippen molar-refractivity contribution >= 4 is 23.4 Å². The highest BCUT2D eigenvalue weighted by atomic mass is 19.4. The molecule has 0 saturated carbocycles. The van der Waals surface area contributed by atoms with Crippen LogP contribution in [0, 0.1) is 0 Å². The molecule has 154 valence electrons. The van der Waals surface area contributed by atoms with Gasteiger partial charge in [0.05, 0.1) is 11.3 Å². The quantitative estimate of drug-likeness (QED) is 0.741. The third kappa shape index (κ3) is 4.88. The topological polar surface area (TPSA) is 58.6 Å². The summed E-state index contributed by atoms with van der Waals surface area (Å²) in [5.74, 6) is -0.567. The molecule has 0 aromatic heterocycles. The van der Waals surface area contributed by atoms with Crippen LogP contribution in [0.2, 0.25) is 0 Å². The van der Waals surface area contributed by atoms with Gasteiger partial charge < -0.3 is 10.1 Å². The van der Waals surface area contributed by atoms with E-state index in [9.17, 15) is 22.8 Å². The smallest absolute Gasteiger partial charge is 0.416 e. The number of carbonyl (C=O) groups is 2. The second kappa shape index (κ2) is 7.42. The van der Waals surface area contributed by atoms with Gasteiger partial charge in [0.15, 0.2) is 0 Å². The summed E-state index contributed by atoms with van der Waals surface area (Å²) in [5, 5.41) is 2.47. The van der Waals surface area contributed by atoms with Crippen LogP contribution in [0.25, 0.3) is 0 Å². The number of amides is 2. The maximum atomic E-state index is 12.9. The van der Waals surface area contributed by atoms with Crippen molar-refractivity contribution in [2.24, 2.45) is 0 Å². The highest BCUT2D eigenvalue weighted by Crippen LogP contribution is 2.32. The summed E-state index contributed by atoms with van der Waals surface area (Å²) in [4.78, 5) is 26.4. The molecule has 0 spiro atoms. The summed E-state index contributed by atoms with van der Waals surface area (Å²) in [6.45, 7) is 5.73. The standard InChI is InChI=1S/C21H21F3N2O3/c1-20(2,3)29-19(28)26-10-9-13-7-8-14(11-17(13)26)18(27)25-16-6-4-5-15(12-16)21(22,23)24/h4-8,11-12H,9-10H2,1-3H3,(H,25,27). The lowest BCUT2D eigenvalue weighted by Gasteiger charge is -2.25. The van der Waals surface area contributed by atoms with Crippen LogP contribution >= 0.6 is 0 Å². The second-order valence-electron chi connectivity index (χ2n) is 7.76. The first-order valence-electron chi connectivity index (χ1n) is 9.06. The van der Waals surface area contributed by atoms with Crippen LogP contribution in [-0.4, -0.2) is 24.1 Å². The van der Waals surface area contributed by atoms with E-state index in [1.807, 2.05) is 0 Å². The van der Waals surface area contributed by atoms with Gasteiger partial charge in [0.25, 0.3) is 5.91 Å². The zero-order valence-corrected chi connectivity index (χ0v) is 16.3. The molecule has 0 bridgehead atoms. The lowest BCUT2D eigenvalue weighted by atomic mass is 10.1. The molecule has 2 aromatic carbocycles. The molecule has 0 aliphatic carbocycles. The van der Waals surface area contributed by atoms with Crippen molar-refractivity contribution in [2.45, 2.75) is 39.0 Å². The van der Waals surface area contributed by atoms with E-state index in [1.54, 1.807) is 39.0 Å². The van der Waals surface area contributed by atoms with Gasteiger partial charge in [0.1, 0.15) is 5.60 Å². The Balaban J connectivity index is 1.80. The minimum absolute atomic E-state index is 0.0364. The van der Waals surface area contributed by atoms with E-state index < -0.39 is 29.3 Å². The van der Waals surface area contributed by atoms with Crippen molar-refractivity contribution < 1.29 is 27.5 Å². The van der Waals surface area contributed by atoms with Crippen LogP contribution in [0.15, 0.2) is 42.5 Å². The van der Waals surface area contributed by atoms with Crippen LogP contribution in [0.5, 0.6) is 0 Å². The Kier molecular flexibility index (Phi) is 5.30. The fourth-order valence-electron chi connectivity index (χ4n) is 3.00. The summed E-state index contributed by atoms with van der Waals surface area (Å²) in [5.41, 5.74) is 0.229. The molecule has 0 atom stereocenters. The highest BCUT2D eigenvalue weighted by Gasteiger charge is 2.31. The zero-order chi connectivity index (χ0) is 21.4. The van der Waals surface area contributed by atoms with E-state index in [1.165, 1.54) is 17.0 Å². The van der Waals surface area contributed by atoms with Crippen molar-refractivity contribution in [3.63, 3.8) is 0 Å². The normalized spacial score (nSPS) is 13.8. The van der Waals surface area contributed by atoms with E-state index in [2.05, 4.69) is 5.32 Å². The SMILES string of the molecule is CC(C)(C)OC(=O)N1CCc2ccc(C(=O)Nc3cccc(C(F)(F)F)c3)cc21. The predicted octanol–water partition coefficient (Wildman–Crippen LogP) is 5.26. The molecule has 0 radical (unpaired) electrons. The fraction of sp³-hybridized carbons (Fsp3) is 0.333. The first kappa shape index (κ1) is 20.7. The molecule has 1 aliphatic heterocycles. The van der Waals surface area contributed by atoms with Crippen LogP contribution in [0.3, 0.4) is 0 Å². The van der Waals surface area contributed by atoms with Gasteiger partial charge in [0.2, 0.25) is 0 Å². The summed E-state index contributed by atoms with van der Waals surface area (Å²) in [6, 6.07) is 9.29. The third-order valence-electron chi connectivity index (χ3n) is 4.30. The lowest BCUT2D eigenvalue weighted by Crippen LogP contribution is -2.35. The zero-order valence-electron chi connectivity index (χ0n) is 16.3. The van der Waals surface area contributed by atoms with Crippen molar-refractivity contribution in [3.05, 3.63) is 59.2 Å². The highest BCUT2D eigenvalue weighted by molar-refractivity contribution is 6.05. The molecule has 3 rings (SSSR count). The molecular formula is C21H21F3N2O3. The molecule has 1 N–H and O–H groups in total. The van der Waals surface area contributed by atoms with Crippen LogP contribution in [0.1, 0.15) is 42.3 Å².